The Kier molecular flexibility index (Phi) is 7.30. The topological polar surface area (TPSA) is 30.9 Å². The number of rotatable bonds is 8. The van der Waals surface area contributed by atoms with Crippen LogP contribution in [-0.4, -0.2) is 59.5 Å². The average Bonchev–Trinajstić information content (AvgIpc) is 2.38. The lowest BCUT2D eigenvalue weighted by Gasteiger charge is -2.33. The summed E-state index contributed by atoms with van der Waals surface area (Å²) in [5, 5.41) is 0. The molecule has 1 aliphatic rings. The lowest BCUT2D eigenvalue weighted by Crippen LogP contribution is -2.46. The number of nitrogens with zero attached hydrogens (tertiary/aromatic N) is 1. The molecule has 0 aromatic rings. The fourth-order valence-corrected chi connectivity index (χ4v) is 5.09. The summed E-state index contributed by atoms with van der Waals surface area (Å²) in [6, 6.07) is 2.12. The molecule has 4 nitrogen and oxygen atoms in total. The maximum Gasteiger partial charge on any atom is 0.339 e. The van der Waals surface area contributed by atoms with Gasteiger partial charge in [-0.2, -0.15) is 0 Å². The van der Waals surface area contributed by atoms with E-state index in [1.807, 2.05) is 0 Å². The third kappa shape index (κ3) is 5.05. The second-order valence-electron chi connectivity index (χ2n) is 4.33. The van der Waals surface area contributed by atoms with Crippen molar-refractivity contribution in [3.05, 3.63) is 0 Å². The van der Waals surface area contributed by atoms with Crippen molar-refractivity contribution >= 4 is 8.56 Å². The minimum absolute atomic E-state index is 0.767. The molecule has 1 rings (SSSR count). The highest BCUT2D eigenvalue weighted by Crippen LogP contribution is 2.19. The highest BCUT2D eigenvalue weighted by Gasteiger charge is 2.35. The Balaban J connectivity index is 2.40. The van der Waals surface area contributed by atoms with Gasteiger partial charge in [0.15, 0.2) is 0 Å². The number of hydrogen-bond acceptors (Lipinski definition) is 4. The molecule has 1 saturated heterocycles. The van der Waals surface area contributed by atoms with Gasteiger partial charge in [0.1, 0.15) is 0 Å². The molecule has 0 aliphatic carbocycles. The van der Waals surface area contributed by atoms with Crippen LogP contribution in [-0.2, 0) is 13.6 Å². The predicted octanol–water partition coefficient (Wildman–Crippen LogP) is 1.85. The van der Waals surface area contributed by atoms with Crippen LogP contribution in [0.1, 0.15) is 20.8 Å². The van der Waals surface area contributed by atoms with Gasteiger partial charge in [0.05, 0.1) is 13.2 Å². The Bertz CT molecular complexity index is 192. The SMILES string of the molecule is CCO[Si](CC)(CCN1CCOCC1)OCC. The molecule has 0 unspecified atom stereocenters. The van der Waals surface area contributed by atoms with Crippen molar-refractivity contribution in [3.8, 4) is 0 Å². The molecule has 17 heavy (non-hydrogen) atoms. The van der Waals surface area contributed by atoms with E-state index in [-0.39, 0.29) is 0 Å². The van der Waals surface area contributed by atoms with Crippen LogP contribution >= 0.6 is 0 Å². The molecule has 1 fully saturated rings. The van der Waals surface area contributed by atoms with Crippen LogP contribution in [0.25, 0.3) is 0 Å². The summed E-state index contributed by atoms with van der Waals surface area (Å²) in [5.41, 5.74) is 0. The van der Waals surface area contributed by atoms with Crippen molar-refractivity contribution in [1.82, 2.24) is 4.90 Å². The summed E-state index contributed by atoms with van der Waals surface area (Å²) in [6.45, 7) is 12.8. The third-order valence-corrected chi connectivity index (χ3v) is 6.96. The highest BCUT2D eigenvalue weighted by molar-refractivity contribution is 6.67. The van der Waals surface area contributed by atoms with Gasteiger partial charge in [0.25, 0.3) is 0 Å². The predicted molar refractivity (Wildman–Crippen MR) is 71.6 cm³/mol. The lowest BCUT2D eigenvalue weighted by atomic mass is 10.4. The third-order valence-electron chi connectivity index (χ3n) is 3.27. The lowest BCUT2D eigenvalue weighted by molar-refractivity contribution is 0.0387. The van der Waals surface area contributed by atoms with Gasteiger partial charge in [-0.3, -0.25) is 4.90 Å². The molecule has 1 aliphatic heterocycles. The largest absolute Gasteiger partial charge is 0.394 e. The zero-order chi connectivity index (χ0) is 12.6. The number of morpholine rings is 1. The molecule has 0 bridgehead atoms. The first kappa shape index (κ1) is 15.1. The van der Waals surface area contributed by atoms with Gasteiger partial charge in [-0.15, -0.1) is 0 Å². The Morgan fingerprint density at radius 3 is 2.12 bits per heavy atom. The summed E-state index contributed by atoms with van der Waals surface area (Å²) >= 11 is 0. The minimum Gasteiger partial charge on any atom is -0.394 e. The van der Waals surface area contributed by atoms with Gasteiger partial charge in [-0.25, -0.2) is 0 Å². The summed E-state index contributed by atoms with van der Waals surface area (Å²) in [6.07, 6.45) is 0. The molecule has 0 aromatic carbocycles. The van der Waals surface area contributed by atoms with E-state index in [2.05, 4.69) is 25.7 Å². The molecule has 0 saturated carbocycles. The maximum atomic E-state index is 5.97. The first-order valence-corrected chi connectivity index (χ1v) is 9.07. The minimum atomic E-state index is -1.94. The highest BCUT2D eigenvalue weighted by atomic mass is 28.4. The van der Waals surface area contributed by atoms with Crippen molar-refractivity contribution in [2.24, 2.45) is 0 Å². The standard InChI is InChI=1S/C12H27NO3Si/c1-4-15-17(6-3,16-5-2)12-9-13-7-10-14-11-8-13/h4-12H2,1-3H3. The van der Waals surface area contributed by atoms with Crippen LogP contribution < -0.4 is 0 Å². The van der Waals surface area contributed by atoms with Crippen LogP contribution in [0.4, 0.5) is 0 Å². The molecule has 1 heterocycles. The van der Waals surface area contributed by atoms with E-state index in [0.29, 0.717) is 0 Å². The first-order valence-electron chi connectivity index (χ1n) is 6.84. The van der Waals surface area contributed by atoms with Crippen LogP contribution in [0.3, 0.4) is 0 Å². The Morgan fingerprint density at radius 2 is 1.65 bits per heavy atom. The average molecular weight is 261 g/mol. The van der Waals surface area contributed by atoms with Gasteiger partial charge in [0.2, 0.25) is 0 Å². The van der Waals surface area contributed by atoms with Crippen LogP contribution in [0.15, 0.2) is 0 Å². The quantitative estimate of drug-likeness (QED) is 0.624. The number of ether oxygens (including phenoxy) is 1. The molecule has 5 heteroatoms. The van der Waals surface area contributed by atoms with Crippen LogP contribution in [0.2, 0.25) is 12.1 Å². The monoisotopic (exact) mass is 261 g/mol. The van der Waals surface area contributed by atoms with Gasteiger partial charge in [0, 0.05) is 38.9 Å². The van der Waals surface area contributed by atoms with Gasteiger partial charge in [-0.05, 0) is 19.9 Å². The number of hydrogen-bond donors (Lipinski definition) is 0. The fourth-order valence-electron chi connectivity index (χ4n) is 2.25. The molecule has 0 amide bonds. The Labute approximate surface area is 106 Å². The second-order valence-corrected chi connectivity index (χ2v) is 7.94. The van der Waals surface area contributed by atoms with Gasteiger partial charge in [-0.1, -0.05) is 6.92 Å². The Morgan fingerprint density at radius 1 is 1.06 bits per heavy atom. The van der Waals surface area contributed by atoms with E-state index in [9.17, 15) is 0 Å². The Hall–Kier alpha value is 0.0569. The zero-order valence-electron chi connectivity index (χ0n) is 11.5. The molecular weight excluding hydrogens is 234 g/mol. The van der Waals surface area contributed by atoms with E-state index < -0.39 is 8.56 Å². The molecule has 0 radical (unpaired) electrons. The summed E-state index contributed by atoms with van der Waals surface area (Å²) in [5.74, 6) is 0. The van der Waals surface area contributed by atoms with Crippen molar-refractivity contribution in [1.29, 1.82) is 0 Å². The van der Waals surface area contributed by atoms with Crippen molar-refractivity contribution in [2.45, 2.75) is 32.9 Å². The van der Waals surface area contributed by atoms with Crippen LogP contribution in [0.5, 0.6) is 0 Å². The van der Waals surface area contributed by atoms with E-state index in [4.69, 9.17) is 13.6 Å². The molecular formula is C12H27NO3Si. The molecule has 0 aromatic heterocycles. The second kappa shape index (κ2) is 8.21. The maximum absolute atomic E-state index is 5.97. The van der Waals surface area contributed by atoms with Crippen molar-refractivity contribution < 1.29 is 13.6 Å². The summed E-state index contributed by atoms with van der Waals surface area (Å²) in [4.78, 5) is 2.46. The zero-order valence-corrected chi connectivity index (χ0v) is 12.5. The molecule has 0 atom stereocenters. The summed E-state index contributed by atoms with van der Waals surface area (Å²) in [7, 11) is -1.94. The molecule has 0 spiro atoms. The van der Waals surface area contributed by atoms with Gasteiger partial charge >= 0.3 is 8.56 Å². The molecule has 102 valence electrons. The normalized spacial score (nSPS) is 18.5. The first-order chi connectivity index (χ1) is 8.26. The van der Waals surface area contributed by atoms with E-state index in [0.717, 1.165) is 58.1 Å². The van der Waals surface area contributed by atoms with Crippen molar-refractivity contribution in [3.63, 3.8) is 0 Å². The van der Waals surface area contributed by atoms with E-state index in [1.165, 1.54) is 0 Å². The van der Waals surface area contributed by atoms with E-state index >= 15 is 0 Å². The van der Waals surface area contributed by atoms with Crippen molar-refractivity contribution in [2.75, 3.05) is 46.1 Å². The molecule has 0 N–H and O–H groups in total. The smallest absolute Gasteiger partial charge is 0.339 e. The van der Waals surface area contributed by atoms with Gasteiger partial charge < -0.3 is 13.6 Å². The van der Waals surface area contributed by atoms with Crippen LogP contribution in [0, 0.1) is 0 Å². The summed E-state index contributed by atoms with van der Waals surface area (Å²) < 4.78 is 17.3. The fraction of sp³-hybridized carbons (Fsp3) is 1.00. The van der Waals surface area contributed by atoms with E-state index in [1.54, 1.807) is 0 Å².